The lowest BCUT2D eigenvalue weighted by Gasteiger charge is -2.34. The highest BCUT2D eigenvalue weighted by Crippen LogP contribution is 2.27. The van der Waals surface area contributed by atoms with Crippen molar-refractivity contribution in [3.8, 4) is 0 Å². The maximum Gasteiger partial charge on any atom is 0.239 e. The molecule has 0 radical (unpaired) electrons. The van der Waals surface area contributed by atoms with Crippen LogP contribution in [0, 0.1) is 0 Å². The predicted octanol–water partition coefficient (Wildman–Crippen LogP) is 1.30. The molecule has 1 saturated heterocycles. The molecule has 2 heterocycles. The van der Waals surface area contributed by atoms with Gasteiger partial charge < -0.3 is 15.2 Å². The van der Waals surface area contributed by atoms with Crippen LogP contribution in [0.5, 0.6) is 0 Å². The number of nitrogens with zero attached hydrogens (tertiary/aromatic N) is 4. The Balaban J connectivity index is 2.10. The third-order valence-electron chi connectivity index (χ3n) is 4.01. The van der Waals surface area contributed by atoms with Crippen LogP contribution in [0.25, 0.3) is 0 Å². The molecule has 2 atom stereocenters. The Hall–Kier alpha value is -1.43. The van der Waals surface area contributed by atoms with E-state index in [-0.39, 0.29) is 17.9 Å². The standard InChI is InChI=1S/C14H25N5O/c1-4-12(15)14(20)18-7-5-6-11(8-18)13-17-16-9-19(13)10(2)3/h9-12H,4-8,15H2,1-3H3/t11-,12+/m1/s1. The van der Waals surface area contributed by atoms with Gasteiger partial charge in [-0.15, -0.1) is 10.2 Å². The van der Waals surface area contributed by atoms with Gasteiger partial charge in [-0.1, -0.05) is 6.92 Å². The number of carbonyl (C=O) groups excluding carboxylic acids is 1. The summed E-state index contributed by atoms with van der Waals surface area (Å²) in [5.74, 6) is 1.32. The molecule has 20 heavy (non-hydrogen) atoms. The number of piperidine rings is 1. The Bertz CT molecular complexity index is 456. The van der Waals surface area contributed by atoms with Crippen molar-refractivity contribution in [2.45, 2.75) is 58.0 Å². The summed E-state index contributed by atoms with van der Waals surface area (Å²) in [5.41, 5.74) is 5.87. The molecule has 6 heteroatoms. The Morgan fingerprint density at radius 3 is 2.95 bits per heavy atom. The summed E-state index contributed by atoms with van der Waals surface area (Å²) in [5, 5.41) is 8.29. The minimum atomic E-state index is -0.378. The van der Waals surface area contributed by atoms with Crippen molar-refractivity contribution < 1.29 is 4.79 Å². The van der Waals surface area contributed by atoms with E-state index in [1.54, 1.807) is 6.33 Å². The lowest BCUT2D eigenvalue weighted by Crippen LogP contribution is -2.47. The van der Waals surface area contributed by atoms with Crippen molar-refractivity contribution in [2.24, 2.45) is 5.73 Å². The van der Waals surface area contributed by atoms with Gasteiger partial charge in [0.15, 0.2) is 0 Å². The second-order valence-corrected chi connectivity index (χ2v) is 5.83. The second kappa shape index (κ2) is 6.35. The average Bonchev–Trinajstić information content (AvgIpc) is 2.95. The molecule has 2 N–H and O–H groups in total. The van der Waals surface area contributed by atoms with Gasteiger partial charge in [-0.25, -0.2) is 0 Å². The van der Waals surface area contributed by atoms with Crippen LogP contribution < -0.4 is 5.73 Å². The van der Waals surface area contributed by atoms with Gasteiger partial charge in [-0.2, -0.15) is 0 Å². The summed E-state index contributed by atoms with van der Waals surface area (Å²) >= 11 is 0. The van der Waals surface area contributed by atoms with Crippen molar-refractivity contribution in [3.63, 3.8) is 0 Å². The molecule has 1 aromatic heterocycles. The van der Waals surface area contributed by atoms with Crippen LogP contribution in [-0.2, 0) is 4.79 Å². The van der Waals surface area contributed by atoms with Crippen LogP contribution in [0.1, 0.15) is 57.8 Å². The molecule has 0 bridgehead atoms. The summed E-state index contributed by atoms with van der Waals surface area (Å²) in [4.78, 5) is 14.1. The number of hydrogen-bond donors (Lipinski definition) is 1. The fourth-order valence-corrected chi connectivity index (χ4v) is 2.74. The highest BCUT2D eigenvalue weighted by Gasteiger charge is 2.29. The van der Waals surface area contributed by atoms with Crippen molar-refractivity contribution >= 4 is 5.91 Å². The van der Waals surface area contributed by atoms with Gasteiger partial charge in [0.05, 0.1) is 6.04 Å². The maximum absolute atomic E-state index is 12.2. The molecule has 1 aromatic rings. The minimum absolute atomic E-state index is 0.0628. The van der Waals surface area contributed by atoms with E-state index >= 15 is 0 Å². The summed E-state index contributed by atoms with van der Waals surface area (Å²) in [6.45, 7) is 7.69. The molecule has 1 fully saturated rings. The first-order valence-corrected chi connectivity index (χ1v) is 7.48. The van der Waals surface area contributed by atoms with Crippen molar-refractivity contribution in [1.29, 1.82) is 0 Å². The molecule has 1 aliphatic heterocycles. The van der Waals surface area contributed by atoms with Crippen LogP contribution in [0.15, 0.2) is 6.33 Å². The van der Waals surface area contributed by atoms with Crippen LogP contribution in [-0.4, -0.2) is 44.7 Å². The van der Waals surface area contributed by atoms with E-state index in [1.165, 1.54) is 0 Å². The average molecular weight is 279 g/mol. The molecule has 0 saturated carbocycles. The molecular weight excluding hydrogens is 254 g/mol. The van der Waals surface area contributed by atoms with Crippen molar-refractivity contribution in [1.82, 2.24) is 19.7 Å². The van der Waals surface area contributed by atoms with E-state index in [0.717, 1.165) is 25.2 Å². The molecule has 2 rings (SSSR count). The van der Waals surface area contributed by atoms with Crippen molar-refractivity contribution in [3.05, 3.63) is 12.2 Å². The first kappa shape index (κ1) is 15.0. The summed E-state index contributed by atoms with van der Waals surface area (Å²) in [7, 11) is 0. The molecule has 6 nitrogen and oxygen atoms in total. The molecule has 1 aliphatic rings. The van der Waals surface area contributed by atoms with Gasteiger partial charge in [0.25, 0.3) is 0 Å². The van der Waals surface area contributed by atoms with Crippen LogP contribution in [0.3, 0.4) is 0 Å². The lowest BCUT2D eigenvalue weighted by molar-refractivity contribution is -0.133. The third kappa shape index (κ3) is 3.00. The number of aromatic nitrogens is 3. The fourth-order valence-electron chi connectivity index (χ4n) is 2.74. The Kier molecular flexibility index (Phi) is 4.75. The predicted molar refractivity (Wildman–Crippen MR) is 77.2 cm³/mol. The first-order valence-electron chi connectivity index (χ1n) is 7.48. The van der Waals surface area contributed by atoms with E-state index < -0.39 is 0 Å². The number of carbonyl (C=O) groups is 1. The van der Waals surface area contributed by atoms with E-state index in [1.807, 2.05) is 11.8 Å². The second-order valence-electron chi connectivity index (χ2n) is 5.83. The fraction of sp³-hybridized carbons (Fsp3) is 0.786. The number of amides is 1. The molecule has 0 aliphatic carbocycles. The molecular formula is C14H25N5O. The zero-order valence-corrected chi connectivity index (χ0v) is 12.6. The highest BCUT2D eigenvalue weighted by molar-refractivity contribution is 5.81. The smallest absolute Gasteiger partial charge is 0.239 e. The monoisotopic (exact) mass is 279 g/mol. The quantitative estimate of drug-likeness (QED) is 0.901. The van der Waals surface area contributed by atoms with Crippen LogP contribution >= 0.6 is 0 Å². The number of hydrogen-bond acceptors (Lipinski definition) is 4. The minimum Gasteiger partial charge on any atom is -0.341 e. The third-order valence-corrected chi connectivity index (χ3v) is 4.01. The molecule has 1 amide bonds. The molecule has 0 spiro atoms. The van der Waals surface area contributed by atoms with Crippen LogP contribution in [0.4, 0.5) is 0 Å². The van der Waals surface area contributed by atoms with Crippen LogP contribution in [0.2, 0.25) is 0 Å². The van der Waals surface area contributed by atoms with Gasteiger partial charge in [0.1, 0.15) is 12.2 Å². The molecule has 0 unspecified atom stereocenters. The molecule has 112 valence electrons. The van der Waals surface area contributed by atoms with Gasteiger partial charge in [0.2, 0.25) is 5.91 Å². The summed E-state index contributed by atoms with van der Waals surface area (Å²) in [6.07, 6.45) is 4.51. The van der Waals surface area contributed by atoms with E-state index in [0.29, 0.717) is 19.0 Å². The van der Waals surface area contributed by atoms with Gasteiger partial charge in [-0.3, -0.25) is 4.79 Å². The number of rotatable bonds is 4. The topological polar surface area (TPSA) is 77.0 Å². The van der Waals surface area contributed by atoms with E-state index in [9.17, 15) is 4.79 Å². The number of nitrogens with two attached hydrogens (primary N) is 1. The largest absolute Gasteiger partial charge is 0.341 e. The summed E-state index contributed by atoms with van der Waals surface area (Å²) in [6, 6.07) is -0.0410. The van der Waals surface area contributed by atoms with Crippen molar-refractivity contribution in [2.75, 3.05) is 13.1 Å². The van der Waals surface area contributed by atoms with E-state index in [4.69, 9.17) is 5.73 Å². The normalized spacial score (nSPS) is 21.2. The number of likely N-dealkylation sites (tertiary alicyclic amines) is 1. The van der Waals surface area contributed by atoms with Gasteiger partial charge in [0, 0.05) is 25.0 Å². The van der Waals surface area contributed by atoms with Gasteiger partial charge in [-0.05, 0) is 33.1 Å². The Morgan fingerprint density at radius 1 is 1.55 bits per heavy atom. The zero-order chi connectivity index (χ0) is 14.7. The highest BCUT2D eigenvalue weighted by atomic mass is 16.2. The first-order chi connectivity index (χ1) is 9.54. The van der Waals surface area contributed by atoms with Gasteiger partial charge >= 0.3 is 0 Å². The SMILES string of the molecule is CC[C@H](N)C(=O)N1CCC[C@@H](c2nncn2C(C)C)C1. The maximum atomic E-state index is 12.2. The zero-order valence-electron chi connectivity index (χ0n) is 12.6. The molecule has 0 aromatic carbocycles. The Morgan fingerprint density at radius 2 is 2.30 bits per heavy atom. The summed E-state index contributed by atoms with van der Waals surface area (Å²) < 4.78 is 2.10. The lowest BCUT2D eigenvalue weighted by atomic mass is 9.96. The Labute approximate surface area is 120 Å². The van der Waals surface area contributed by atoms with E-state index in [2.05, 4.69) is 28.6 Å².